The zero-order chi connectivity index (χ0) is 22.6. The Labute approximate surface area is 189 Å². The van der Waals surface area contributed by atoms with Crippen LogP contribution in [0, 0.1) is 0 Å². The predicted molar refractivity (Wildman–Crippen MR) is 125 cm³/mol. The number of carbonyl (C=O) groups is 1. The van der Waals surface area contributed by atoms with Gasteiger partial charge in [0.2, 0.25) is 5.91 Å². The molecule has 4 rings (SSSR count). The topological polar surface area (TPSA) is 72.8 Å². The van der Waals surface area contributed by atoms with Gasteiger partial charge in [-0.3, -0.25) is 9.69 Å². The van der Waals surface area contributed by atoms with Crippen LogP contribution in [0.3, 0.4) is 0 Å². The van der Waals surface area contributed by atoms with Gasteiger partial charge in [-0.25, -0.2) is 0 Å². The van der Waals surface area contributed by atoms with E-state index in [9.17, 15) is 15.0 Å². The quantitative estimate of drug-likeness (QED) is 0.535. The summed E-state index contributed by atoms with van der Waals surface area (Å²) in [5.74, 6) is 0.0987. The summed E-state index contributed by atoms with van der Waals surface area (Å²) in [6.07, 6.45) is 0.409. The first kappa shape index (κ1) is 22.1. The zero-order valence-corrected chi connectivity index (χ0v) is 18.3. The lowest BCUT2D eigenvalue weighted by atomic mass is 9.75. The van der Waals surface area contributed by atoms with Gasteiger partial charge in [0.25, 0.3) is 0 Å². The standard InChI is InChI=1S/C27H30N2O3/c1-27(21-8-4-2-5-9-21,22-10-6-3-7-11-22)26(32)28-25(19-29-17-16-24(31)18-29)20-12-14-23(30)15-13-20/h2-15,24-25,30-31H,16-19H2,1H3,(H,28,32)/t24?,25-/m1/s1. The van der Waals surface area contributed by atoms with E-state index in [1.807, 2.05) is 79.7 Å². The largest absolute Gasteiger partial charge is 0.508 e. The lowest BCUT2D eigenvalue weighted by Gasteiger charge is -2.33. The molecule has 5 nitrogen and oxygen atoms in total. The van der Waals surface area contributed by atoms with Crippen LogP contribution in [0.5, 0.6) is 5.75 Å². The van der Waals surface area contributed by atoms with Crippen LogP contribution < -0.4 is 5.32 Å². The molecule has 1 amide bonds. The van der Waals surface area contributed by atoms with Crippen molar-refractivity contribution in [1.29, 1.82) is 0 Å². The van der Waals surface area contributed by atoms with Crippen LogP contribution >= 0.6 is 0 Å². The van der Waals surface area contributed by atoms with E-state index in [0.717, 1.165) is 29.7 Å². The highest BCUT2D eigenvalue weighted by Gasteiger charge is 2.38. The highest BCUT2D eigenvalue weighted by molar-refractivity contribution is 5.92. The Morgan fingerprint density at radius 1 is 1.00 bits per heavy atom. The van der Waals surface area contributed by atoms with Crippen molar-refractivity contribution in [3.05, 3.63) is 102 Å². The van der Waals surface area contributed by atoms with Gasteiger partial charge in [0.05, 0.1) is 17.6 Å². The number of phenolic OH excluding ortho intramolecular Hbond substituents is 1. The van der Waals surface area contributed by atoms with Crippen molar-refractivity contribution in [2.75, 3.05) is 19.6 Å². The van der Waals surface area contributed by atoms with Gasteiger partial charge >= 0.3 is 0 Å². The maximum Gasteiger partial charge on any atom is 0.235 e. The number of benzene rings is 3. The number of phenols is 1. The minimum absolute atomic E-state index is 0.0901. The van der Waals surface area contributed by atoms with E-state index in [1.165, 1.54) is 0 Å². The van der Waals surface area contributed by atoms with Crippen molar-refractivity contribution < 1.29 is 15.0 Å². The van der Waals surface area contributed by atoms with Crippen molar-refractivity contribution >= 4 is 5.91 Å². The van der Waals surface area contributed by atoms with Crippen molar-refractivity contribution in [1.82, 2.24) is 10.2 Å². The summed E-state index contributed by atoms with van der Waals surface area (Å²) in [6, 6.07) is 26.3. The molecule has 0 radical (unpaired) electrons. The van der Waals surface area contributed by atoms with Gasteiger partial charge in [0.1, 0.15) is 5.75 Å². The number of aliphatic hydroxyl groups excluding tert-OH is 1. The van der Waals surface area contributed by atoms with Crippen molar-refractivity contribution in [3.63, 3.8) is 0 Å². The molecule has 0 aliphatic carbocycles. The van der Waals surface area contributed by atoms with Gasteiger partial charge in [0, 0.05) is 19.6 Å². The van der Waals surface area contributed by atoms with Gasteiger partial charge < -0.3 is 15.5 Å². The molecule has 166 valence electrons. The van der Waals surface area contributed by atoms with Crippen molar-refractivity contribution in [2.24, 2.45) is 0 Å². The molecule has 0 saturated carbocycles. The number of rotatable bonds is 7. The van der Waals surface area contributed by atoms with Crippen LogP contribution in [-0.2, 0) is 10.2 Å². The summed E-state index contributed by atoms with van der Waals surface area (Å²) < 4.78 is 0. The molecule has 1 heterocycles. The van der Waals surface area contributed by atoms with Gasteiger partial charge in [-0.1, -0.05) is 72.8 Å². The molecule has 3 aromatic carbocycles. The fourth-order valence-electron chi connectivity index (χ4n) is 4.45. The van der Waals surface area contributed by atoms with Crippen molar-refractivity contribution in [3.8, 4) is 5.75 Å². The van der Waals surface area contributed by atoms with Gasteiger partial charge in [0.15, 0.2) is 0 Å². The average molecular weight is 431 g/mol. The second kappa shape index (κ2) is 9.55. The van der Waals surface area contributed by atoms with Crippen LogP contribution in [0.1, 0.15) is 36.1 Å². The molecule has 3 N–H and O–H groups in total. The van der Waals surface area contributed by atoms with Crippen LogP contribution in [0.2, 0.25) is 0 Å². The van der Waals surface area contributed by atoms with Gasteiger partial charge in [-0.05, 0) is 42.2 Å². The summed E-state index contributed by atoms with van der Waals surface area (Å²) in [6.45, 7) is 3.94. The van der Waals surface area contributed by atoms with E-state index >= 15 is 0 Å². The highest BCUT2D eigenvalue weighted by Crippen LogP contribution is 2.33. The molecule has 3 aromatic rings. The third-order valence-electron chi connectivity index (χ3n) is 6.45. The van der Waals surface area contributed by atoms with E-state index < -0.39 is 5.41 Å². The van der Waals surface area contributed by atoms with Crippen LogP contribution in [0.4, 0.5) is 0 Å². The maximum absolute atomic E-state index is 13.9. The fourth-order valence-corrected chi connectivity index (χ4v) is 4.45. The first-order valence-electron chi connectivity index (χ1n) is 11.1. The highest BCUT2D eigenvalue weighted by atomic mass is 16.3. The third kappa shape index (κ3) is 4.69. The molecule has 0 spiro atoms. The number of amides is 1. The lowest BCUT2D eigenvalue weighted by molar-refractivity contribution is -0.125. The summed E-state index contributed by atoms with van der Waals surface area (Å²) in [7, 11) is 0. The summed E-state index contributed by atoms with van der Waals surface area (Å²) in [5, 5.41) is 23.0. The second-order valence-corrected chi connectivity index (χ2v) is 8.68. The number of aliphatic hydroxyl groups is 1. The molecule has 1 aliphatic heterocycles. The Morgan fingerprint density at radius 3 is 2.06 bits per heavy atom. The Hall–Kier alpha value is -3.15. The average Bonchev–Trinajstić information content (AvgIpc) is 3.24. The smallest absolute Gasteiger partial charge is 0.235 e. The Bertz CT molecular complexity index is 982. The van der Waals surface area contributed by atoms with Crippen LogP contribution in [0.15, 0.2) is 84.9 Å². The van der Waals surface area contributed by atoms with E-state index in [-0.39, 0.29) is 23.8 Å². The van der Waals surface area contributed by atoms with Crippen LogP contribution in [0.25, 0.3) is 0 Å². The normalized spacial score (nSPS) is 17.8. The Balaban J connectivity index is 1.67. The number of hydrogen-bond donors (Lipinski definition) is 3. The number of nitrogens with one attached hydrogen (secondary N) is 1. The van der Waals surface area contributed by atoms with Crippen LogP contribution in [-0.4, -0.2) is 46.8 Å². The zero-order valence-electron chi connectivity index (χ0n) is 18.3. The molecule has 0 aromatic heterocycles. The van der Waals surface area contributed by atoms with Crippen molar-refractivity contribution in [2.45, 2.75) is 30.9 Å². The molecule has 5 heteroatoms. The molecule has 1 aliphatic rings. The number of nitrogens with zero attached hydrogens (tertiary/aromatic N) is 1. The SMILES string of the molecule is CC(C(=O)N[C@H](CN1CCC(O)C1)c1ccc(O)cc1)(c1ccccc1)c1ccccc1. The Morgan fingerprint density at radius 2 is 1.56 bits per heavy atom. The minimum atomic E-state index is -0.873. The summed E-state index contributed by atoms with van der Waals surface area (Å²) in [5.41, 5.74) is 1.89. The molecule has 1 saturated heterocycles. The number of likely N-dealkylation sites (tertiary alicyclic amines) is 1. The van der Waals surface area contributed by atoms with E-state index in [2.05, 4.69) is 10.2 Å². The minimum Gasteiger partial charge on any atom is -0.508 e. The molecular formula is C27H30N2O3. The first-order chi connectivity index (χ1) is 15.5. The molecule has 32 heavy (non-hydrogen) atoms. The first-order valence-corrected chi connectivity index (χ1v) is 11.1. The predicted octanol–water partition coefficient (Wildman–Crippen LogP) is 3.62. The number of carbonyl (C=O) groups excluding carboxylic acids is 1. The molecule has 0 bridgehead atoms. The maximum atomic E-state index is 13.9. The van der Waals surface area contributed by atoms with E-state index in [0.29, 0.717) is 13.1 Å². The fraction of sp³-hybridized carbons (Fsp3) is 0.296. The number of hydrogen-bond acceptors (Lipinski definition) is 4. The summed E-state index contributed by atoms with van der Waals surface area (Å²) in [4.78, 5) is 16.1. The van der Waals surface area contributed by atoms with Gasteiger partial charge in [-0.2, -0.15) is 0 Å². The van der Waals surface area contributed by atoms with Gasteiger partial charge in [-0.15, -0.1) is 0 Å². The molecular weight excluding hydrogens is 400 g/mol. The number of β-amino-alcohol motifs (C(OH)–C–C–N with tert-alkyl or cyclic N) is 1. The molecule has 1 unspecified atom stereocenters. The third-order valence-corrected chi connectivity index (χ3v) is 6.45. The van der Waals surface area contributed by atoms with E-state index in [4.69, 9.17) is 0 Å². The second-order valence-electron chi connectivity index (χ2n) is 8.68. The number of aromatic hydroxyl groups is 1. The monoisotopic (exact) mass is 430 g/mol. The summed E-state index contributed by atoms with van der Waals surface area (Å²) >= 11 is 0. The lowest BCUT2D eigenvalue weighted by Crippen LogP contribution is -2.47. The Kier molecular flexibility index (Phi) is 6.58. The molecule has 1 fully saturated rings. The van der Waals surface area contributed by atoms with E-state index in [1.54, 1.807) is 12.1 Å². The molecule has 2 atom stereocenters.